The zero-order valence-electron chi connectivity index (χ0n) is 20.2. The van der Waals surface area contributed by atoms with Gasteiger partial charge in [-0.3, -0.25) is 14.4 Å². The van der Waals surface area contributed by atoms with Crippen LogP contribution in [0.4, 0.5) is 0 Å². The highest BCUT2D eigenvalue weighted by Gasteiger charge is 2.70. The van der Waals surface area contributed by atoms with Crippen molar-refractivity contribution in [3.63, 3.8) is 0 Å². The van der Waals surface area contributed by atoms with E-state index in [9.17, 15) is 24.3 Å². The zero-order chi connectivity index (χ0) is 26.5. The number of carboxylic acid groups (broad SMARTS) is 2. The number of benzene rings is 1. The fourth-order valence-corrected chi connectivity index (χ4v) is 6.62. The van der Waals surface area contributed by atoms with Crippen LogP contribution in [0.5, 0.6) is 11.5 Å². The Balaban J connectivity index is 1.33. The number of carbonyl (C=O) groups is 4. The van der Waals surface area contributed by atoms with E-state index in [1.165, 1.54) is 0 Å². The van der Waals surface area contributed by atoms with Crippen LogP contribution in [0.15, 0.2) is 24.0 Å². The van der Waals surface area contributed by atoms with Crippen molar-refractivity contribution in [1.29, 1.82) is 0 Å². The van der Waals surface area contributed by atoms with Gasteiger partial charge in [-0.05, 0) is 49.3 Å². The van der Waals surface area contributed by atoms with E-state index in [0.717, 1.165) is 30.4 Å². The van der Waals surface area contributed by atoms with Crippen LogP contribution >= 0.6 is 0 Å². The topological polar surface area (TPSA) is 166 Å². The van der Waals surface area contributed by atoms with Gasteiger partial charge < -0.3 is 34.3 Å². The third-order valence-corrected chi connectivity index (χ3v) is 8.14. The van der Waals surface area contributed by atoms with Gasteiger partial charge in [0.15, 0.2) is 17.6 Å². The minimum absolute atomic E-state index is 0.0375. The third kappa shape index (κ3) is 3.83. The second-order valence-corrected chi connectivity index (χ2v) is 10.0. The first kappa shape index (κ1) is 25.1. The predicted molar refractivity (Wildman–Crippen MR) is 123 cm³/mol. The van der Waals surface area contributed by atoms with E-state index in [-0.39, 0.29) is 18.1 Å². The Morgan fingerprint density at radius 1 is 1.16 bits per heavy atom. The number of ether oxygens (including phenoxy) is 4. The van der Waals surface area contributed by atoms with E-state index < -0.39 is 66.4 Å². The maximum atomic E-state index is 12.7. The normalized spacial score (nSPS) is 29.2. The molecule has 1 aromatic rings. The molecule has 11 nitrogen and oxygen atoms in total. The number of methoxy groups -OCH3 is 1. The van der Waals surface area contributed by atoms with Gasteiger partial charge in [-0.1, -0.05) is 12.5 Å². The summed E-state index contributed by atoms with van der Waals surface area (Å²) in [6.07, 6.45) is 0.718. The molecule has 3 N–H and O–H groups in total. The molecule has 11 heteroatoms. The second-order valence-electron chi connectivity index (χ2n) is 10.0. The molecular weight excluding hydrogens is 488 g/mol. The number of hydrogen-bond acceptors (Lipinski definition) is 9. The lowest BCUT2D eigenvalue weighted by Crippen LogP contribution is -2.67. The summed E-state index contributed by atoms with van der Waals surface area (Å²) in [6.45, 7) is 0. The van der Waals surface area contributed by atoms with Crippen molar-refractivity contribution in [2.75, 3.05) is 7.11 Å². The van der Waals surface area contributed by atoms with Gasteiger partial charge in [-0.15, -0.1) is 0 Å². The van der Waals surface area contributed by atoms with Gasteiger partial charge in [-0.2, -0.15) is 0 Å². The molecule has 1 saturated carbocycles. The van der Waals surface area contributed by atoms with Gasteiger partial charge in [0.05, 0.1) is 37.4 Å². The Morgan fingerprint density at radius 2 is 1.92 bits per heavy atom. The van der Waals surface area contributed by atoms with Gasteiger partial charge in [-0.25, -0.2) is 4.79 Å². The van der Waals surface area contributed by atoms with Crippen LogP contribution in [0.2, 0.25) is 0 Å². The minimum Gasteiger partial charge on any atom is -0.493 e. The monoisotopic (exact) mass is 516 g/mol. The quantitative estimate of drug-likeness (QED) is 0.410. The smallest absolute Gasteiger partial charge is 0.345 e. The molecule has 1 aliphatic heterocycles. The second kappa shape index (κ2) is 9.05. The fraction of sp³-hybridized carbons (Fsp3) is 0.538. The van der Waals surface area contributed by atoms with Crippen LogP contribution in [0.25, 0.3) is 0 Å². The highest BCUT2D eigenvalue weighted by atomic mass is 16.6. The van der Waals surface area contributed by atoms with E-state index in [1.807, 2.05) is 12.1 Å². The van der Waals surface area contributed by atoms with Gasteiger partial charge in [0.2, 0.25) is 6.10 Å². The molecule has 5 atom stereocenters. The lowest BCUT2D eigenvalue weighted by molar-refractivity contribution is -0.168. The Kier molecular flexibility index (Phi) is 6.13. The summed E-state index contributed by atoms with van der Waals surface area (Å²) in [5, 5.41) is 29.8. The van der Waals surface area contributed by atoms with E-state index in [2.05, 4.69) is 4.74 Å². The maximum Gasteiger partial charge on any atom is 0.345 e. The number of aliphatic hydroxyl groups is 1. The molecule has 0 radical (unpaired) electrons. The summed E-state index contributed by atoms with van der Waals surface area (Å²) >= 11 is 0. The summed E-state index contributed by atoms with van der Waals surface area (Å²) in [6, 6.07) is 3.85. The first-order valence-corrected chi connectivity index (χ1v) is 12.2. The number of esters is 2. The molecule has 1 heterocycles. The lowest BCUT2D eigenvalue weighted by Gasteiger charge is -2.59. The van der Waals surface area contributed by atoms with Crippen LogP contribution in [0.1, 0.15) is 56.1 Å². The standard InChI is InChI=1S/C26H28O11/c1-34-15-5-4-13-11-14-3-2-9-25-21(13)22(15)37-23(25)16(8-10-26(14,25)33)35-19(29)6-7-20(30)36-17(24(31)32)12-18(27)28/h4-5,8,14,17,23,33H,2-3,6-7,9-12H2,1H3,(H,27,28)(H,31,32)/t14-,17+,23+,25+,26-/m1/s1. The summed E-state index contributed by atoms with van der Waals surface area (Å²) in [5.41, 5.74) is 0.161. The van der Waals surface area contributed by atoms with E-state index >= 15 is 0 Å². The van der Waals surface area contributed by atoms with E-state index in [0.29, 0.717) is 17.9 Å². The van der Waals surface area contributed by atoms with Crippen molar-refractivity contribution in [2.45, 2.75) is 74.6 Å². The molecule has 4 aliphatic rings. The molecule has 0 saturated heterocycles. The highest BCUT2D eigenvalue weighted by molar-refractivity contribution is 5.84. The van der Waals surface area contributed by atoms with Crippen molar-refractivity contribution in [1.82, 2.24) is 0 Å². The van der Waals surface area contributed by atoms with Crippen molar-refractivity contribution in [3.05, 3.63) is 35.1 Å². The Bertz CT molecular complexity index is 1200. The molecule has 3 aliphatic carbocycles. The van der Waals surface area contributed by atoms with Crippen LogP contribution in [-0.2, 0) is 40.5 Å². The van der Waals surface area contributed by atoms with Crippen molar-refractivity contribution < 1.29 is 53.4 Å². The van der Waals surface area contributed by atoms with Crippen LogP contribution in [0, 0.1) is 5.92 Å². The maximum absolute atomic E-state index is 12.7. The number of rotatable bonds is 9. The molecule has 37 heavy (non-hydrogen) atoms. The first-order valence-electron chi connectivity index (χ1n) is 12.2. The molecule has 0 unspecified atom stereocenters. The third-order valence-electron chi connectivity index (χ3n) is 8.14. The molecule has 198 valence electrons. The number of carbonyl (C=O) groups excluding carboxylic acids is 2. The molecule has 0 aromatic heterocycles. The zero-order valence-corrected chi connectivity index (χ0v) is 20.2. The lowest BCUT2D eigenvalue weighted by atomic mass is 9.47. The molecule has 1 spiro atoms. The Hall–Kier alpha value is -3.60. The summed E-state index contributed by atoms with van der Waals surface area (Å²) < 4.78 is 22.2. The highest BCUT2D eigenvalue weighted by Crippen LogP contribution is 2.67. The molecule has 1 fully saturated rings. The molecule has 0 amide bonds. The van der Waals surface area contributed by atoms with Gasteiger partial charge in [0, 0.05) is 5.56 Å². The molecule has 2 bridgehead atoms. The van der Waals surface area contributed by atoms with Crippen LogP contribution < -0.4 is 9.47 Å². The Labute approximate surface area is 212 Å². The van der Waals surface area contributed by atoms with Gasteiger partial charge in [0.25, 0.3) is 0 Å². The fourth-order valence-electron chi connectivity index (χ4n) is 6.62. The number of aliphatic carboxylic acids is 2. The van der Waals surface area contributed by atoms with Gasteiger partial charge in [0.1, 0.15) is 5.76 Å². The SMILES string of the molecule is COc1ccc2c3c1O[C@H]1C(OC(=O)CCC(=O)O[C@@H](CC(=O)O)C(=O)O)=CC[C@@]4(O)[C@H](CCC[C@]314)C2. The van der Waals surface area contributed by atoms with E-state index in [4.69, 9.17) is 24.4 Å². The number of hydrogen-bond donors (Lipinski definition) is 3. The Morgan fingerprint density at radius 3 is 2.62 bits per heavy atom. The van der Waals surface area contributed by atoms with Crippen molar-refractivity contribution >= 4 is 23.9 Å². The average molecular weight is 516 g/mol. The van der Waals surface area contributed by atoms with Crippen molar-refractivity contribution in [2.24, 2.45) is 5.92 Å². The summed E-state index contributed by atoms with van der Waals surface area (Å²) in [4.78, 5) is 46.6. The van der Waals surface area contributed by atoms with Crippen molar-refractivity contribution in [3.8, 4) is 11.5 Å². The molecule has 5 rings (SSSR count). The largest absolute Gasteiger partial charge is 0.493 e. The first-order chi connectivity index (χ1) is 17.6. The summed E-state index contributed by atoms with van der Waals surface area (Å²) in [5.74, 6) is -3.44. The van der Waals surface area contributed by atoms with Gasteiger partial charge >= 0.3 is 23.9 Å². The van der Waals surface area contributed by atoms with Crippen LogP contribution in [0.3, 0.4) is 0 Å². The molecular formula is C26H28O11. The summed E-state index contributed by atoms with van der Waals surface area (Å²) in [7, 11) is 1.54. The average Bonchev–Trinajstić information content (AvgIpc) is 3.18. The minimum atomic E-state index is -1.85. The molecule has 1 aromatic carbocycles. The number of carboxylic acids is 2. The van der Waals surface area contributed by atoms with Crippen LogP contribution in [-0.4, -0.2) is 64.1 Å². The van der Waals surface area contributed by atoms with E-state index in [1.54, 1.807) is 13.2 Å². The predicted octanol–water partition coefficient (Wildman–Crippen LogP) is 1.86.